The highest BCUT2D eigenvalue weighted by molar-refractivity contribution is 5.44. The van der Waals surface area contributed by atoms with E-state index in [9.17, 15) is 4.79 Å². The van der Waals surface area contributed by atoms with E-state index < -0.39 is 0 Å². The van der Waals surface area contributed by atoms with Crippen LogP contribution >= 0.6 is 0 Å². The van der Waals surface area contributed by atoms with Gasteiger partial charge in [-0.05, 0) is 24.6 Å². The summed E-state index contributed by atoms with van der Waals surface area (Å²) in [6, 6.07) is 19.5. The second-order valence-electron chi connectivity index (χ2n) is 6.45. The van der Waals surface area contributed by atoms with E-state index in [-0.39, 0.29) is 5.56 Å². The number of rotatable bonds is 5. The Labute approximate surface area is 162 Å². The lowest BCUT2D eigenvalue weighted by Crippen LogP contribution is -2.19. The summed E-state index contributed by atoms with van der Waals surface area (Å²) in [6.07, 6.45) is 3.53. The molecule has 0 bridgehead atoms. The zero-order chi connectivity index (χ0) is 19.5. The van der Waals surface area contributed by atoms with Gasteiger partial charge in [0.15, 0.2) is 5.69 Å². The monoisotopic (exact) mass is 372 g/mol. The average Bonchev–Trinajstić information content (AvgIpc) is 3.24. The zero-order valence-corrected chi connectivity index (χ0v) is 15.7. The summed E-state index contributed by atoms with van der Waals surface area (Å²) in [5.41, 5.74) is 2.75. The molecule has 2 aromatic carbocycles. The Morgan fingerprint density at radius 2 is 1.64 bits per heavy atom. The molecule has 0 atom stereocenters. The fraction of sp³-hybridized carbons (Fsp3) is 0.143. The topological polar surface area (TPSA) is 69.5 Å². The minimum atomic E-state index is -0.212. The predicted octanol–water partition coefficient (Wildman–Crippen LogP) is 4.14. The molecule has 0 N–H and O–H groups in total. The van der Waals surface area contributed by atoms with Gasteiger partial charge in [-0.2, -0.15) is 0 Å². The minimum absolute atomic E-state index is 0.212. The molecule has 0 saturated heterocycles. The second-order valence-corrected chi connectivity index (χ2v) is 6.45. The molecule has 4 rings (SSSR count). The van der Waals surface area contributed by atoms with Gasteiger partial charge in [0, 0.05) is 19.4 Å². The summed E-state index contributed by atoms with van der Waals surface area (Å²) in [7, 11) is 1.83. The molecule has 2 aromatic heterocycles. The lowest BCUT2D eigenvalue weighted by atomic mass is 10.2. The number of hydrogen-bond donors (Lipinski definition) is 0. The lowest BCUT2D eigenvalue weighted by Gasteiger charge is -2.07. The molecular weight excluding hydrogens is 352 g/mol. The Balaban J connectivity index is 1.67. The van der Waals surface area contributed by atoms with E-state index in [4.69, 9.17) is 0 Å². The van der Waals surface area contributed by atoms with Crippen molar-refractivity contribution in [3.63, 3.8) is 0 Å². The van der Waals surface area contributed by atoms with Crippen LogP contribution in [0.1, 0.15) is 11.3 Å². The van der Waals surface area contributed by atoms with E-state index in [1.54, 1.807) is 15.6 Å². The quantitative estimate of drug-likeness (QED) is 0.494. The second kappa shape index (κ2) is 7.48. The van der Waals surface area contributed by atoms with E-state index in [0.717, 1.165) is 16.9 Å². The molecule has 2 heterocycles. The Kier molecular flexibility index (Phi) is 4.72. The maximum atomic E-state index is 12.9. The van der Waals surface area contributed by atoms with Crippen molar-refractivity contribution in [2.24, 2.45) is 17.3 Å². The number of hydrogen-bond acceptors (Lipinski definition) is 4. The first-order valence-electron chi connectivity index (χ1n) is 8.96. The smallest absolute Gasteiger partial charge is 0.299 e. The van der Waals surface area contributed by atoms with Gasteiger partial charge in [0.05, 0.1) is 17.9 Å². The largest absolute Gasteiger partial charge is 0.310 e. The van der Waals surface area contributed by atoms with Crippen LogP contribution in [0, 0.1) is 6.92 Å². The molecule has 7 heteroatoms. The first-order valence-corrected chi connectivity index (χ1v) is 8.96. The van der Waals surface area contributed by atoms with Crippen molar-refractivity contribution in [1.82, 2.24) is 18.9 Å². The van der Waals surface area contributed by atoms with Gasteiger partial charge in [-0.15, -0.1) is 10.2 Å². The van der Waals surface area contributed by atoms with E-state index in [0.29, 0.717) is 18.2 Å². The summed E-state index contributed by atoms with van der Waals surface area (Å²) in [5, 5.41) is 8.50. The van der Waals surface area contributed by atoms with Crippen LogP contribution in [0.5, 0.6) is 0 Å². The molecule has 0 aliphatic carbocycles. The maximum absolute atomic E-state index is 12.9. The van der Waals surface area contributed by atoms with Gasteiger partial charge in [0.1, 0.15) is 0 Å². The van der Waals surface area contributed by atoms with Crippen LogP contribution < -0.4 is 5.56 Å². The third-order valence-electron chi connectivity index (χ3n) is 4.65. The van der Waals surface area contributed by atoms with Gasteiger partial charge in [0.25, 0.3) is 5.56 Å². The highest BCUT2D eigenvalue weighted by atomic mass is 16.1. The van der Waals surface area contributed by atoms with Crippen LogP contribution in [0.4, 0.5) is 11.6 Å². The van der Waals surface area contributed by atoms with Crippen LogP contribution in [-0.2, 0) is 13.6 Å². The fourth-order valence-corrected chi connectivity index (χ4v) is 3.07. The number of imidazole rings is 1. The zero-order valence-electron chi connectivity index (χ0n) is 15.7. The summed E-state index contributed by atoms with van der Waals surface area (Å²) >= 11 is 0. The van der Waals surface area contributed by atoms with E-state index >= 15 is 0 Å². The number of benzene rings is 2. The Bertz CT molecular complexity index is 1170. The number of para-hydroxylation sites is 1. The van der Waals surface area contributed by atoms with Crippen molar-refractivity contribution >= 4 is 11.6 Å². The summed E-state index contributed by atoms with van der Waals surface area (Å²) < 4.78 is 5.26. The van der Waals surface area contributed by atoms with Crippen molar-refractivity contribution in [3.05, 3.63) is 94.7 Å². The predicted molar refractivity (Wildman–Crippen MR) is 108 cm³/mol. The molecule has 28 heavy (non-hydrogen) atoms. The Morgan fingerprint density at radius 1 is 0.964 bits per heavy atom. The fourth-order valence-electron chi connectivity index (χ4n) is 3.07. The van der Waals surface area contributed by atoms with Crippen LogP contribution in [0.2, 0.25) is 0 Å². The molecule has 0 saturated carbocycles. The van der Waals surface area contributed by atoms with E-state index in [1.165, 1.54) is 0 Å². The summed E-state index contributed by atoms with van der Waals surface area (Å²) in [6.45, 7) is 2.49. The Morgan fingerprint density at radius 3 is 2.36 bits per heavy atom. The van der Waals surface area contributed by atoms with Crippen molar-refractivity contribution in [2.45, 2.75) is 13.5 Å². The van der Waals surface area contributed by atoms with Crippen molar-refractivity contribution in [2.75, 3.05) is 0 Å². The average molecular weight is 372 g/mol. The standard InChI is InChI=1S/C21H20N6O/c1-16-19(20(28)27(25(16)2)18-11-7-4-8-12-18)23-24-21-22-13-14-26(21)15-17-9-5-3-6-10-17/h3-14H,15H2,1-2H3/b24-23+. The maximum Gasteiger partial charge on any atom is 0.299 e. The molecule has 0 aliphatic rings. The highest BCUT2D eigenvalue weighted by Crippen LogP contribution is 2.20. The Hall–Kier alpha value is -3.74. The third kappa shape index (κ3) is 3.29. The van der Waals surface area contributed by atoms with E-state index in [2.05, 4.69) is 15.2 Å². The molecule has 0 amide bonds. The van der Waals surface area contributed by atoms with Crippen molar-refractivity contribution in [1.29, 1.82) is 0 Å². The first-order chi connectivity index (χ1) is 13.6. The van der Waals surface area contributed by atoms with Gasteiger partial charge in [-0.1, -0.05) is 48.5 Å². The molecule has 0 aliphatic heterocycles. The normalized spacial score (nSPS) is 11.4. The van der Waals surface area contributed by atoms with E-state index in [1.807, 2.05) is 85.4 Å². The first kappa shape index (κ1) is 17.7. The number of azo groups is 1. The van der Waals surface area contributed by atoms with Gasteiger partial charge in [0.2, 0.25) is 5.95 Å². The van der Waals surface area contributed by atoms with Gasteiger partial charge >= 0.3 is 0 Å². The summed E-state index contributed by atoms with van der Waals surface area (Å²) in [4.78, 5) is 17.2. The molecule has 7 nitrogen and oxygen atoms in total. The van der Waals surface area contributed by atoms with Gasteiger partial charge in [-0.25, -0.2) is 9.67 Å². The summed E-state index contributed by atoms with van der Waals surface area (Å²) in [5.74, 6) is 0.456. The molecule has 4 aromatic rings. The molecular formula is C21H20N6O. The van der Waals surface area contributed by atoms with Crippen LogP contribution in [0.3, 0.4) is 0 Å². The lowest BCUT2D eigenvalue weighted by molar-refractivity contribution is 0.630. The van der Waals surface area contributed by atoms with Crippen LogP contribution in [0.15, 0.2) is 88.1 Å². The molecule has 0 radical (unpaired) electrons. The minimum Gasteiger partial charge on any atom is -0.310 e. The highest BCUT2D eigenvalue weighted by Gasteiger charge is 2.16. The number of aromatic nitrogens is 4. The third-order valence-corrected chi connectivity index (χ3v) is 4.65. The molecule has 140 valence electrons. The molecule has 0 spiro atoms. The van der Waals surface area contributed by atoms with Crippen LogP contribution in [-0.4, -0.2) is 18.9 Å². The van der Waals surface area contributed by atoms with Crippen molar-refractivity contribution < 1.29 is 0 Å². The SMILES string of the molecule is Cc1c(/N=N/c2nccn2Cc2ccccc2)c(=O)n(-c2ccccc2)n1C. The molecule has 0 fully saturated rings. The number of nitrogens with zero attached hydrogens (tertiary/aromatic N) is 6. The van der Waals surface area contributed by atoms with Crippen molar-refractivity contribution in [3.8, 4) is 5.69 Å². The molecule has 0 unspecified atom stereocenters. The van der Waals surface area contributed by atoms with Gasteiger partial charge < -0.3 is 4.57 Å². The van der Waals surface area contributed by atoms with Crippen LogP contribution in [0.25, 0.3) is 5.69 Å². The van der Waals surface area contributed by atoms with Gasteiger partial charge in [-0.3, -0.25) is 9.48 Å².